The Morgan fingerprint density at radius 1 is 1.29 bits per heavy atom. The summed E-state index contributed by atoms with van der Waals surface area (Å²) in [5.74, 6) is -2.34. The van der Waals surface area contributed by atoms with Crippen LogP contribution in [0.5, 0.6) is 0 Å². The van der Waals surface area contributed by atoms with Gasteiger partial charge in [-0.25, -0.2) is 0 Å². The molecule has 24 heavy (non-hydrogen) atoms. The number of fused-ring (bicyclic) bond motifs is 1. The lowest BCUT2D eigenvalue weighted by Crippen LogP contribution is -2.30. The van der Waals surface area contributed by atoms with Gasteiger partial charge in [0.25, 0.3) is 5.69 Å². The van der Waals surface area contributed by atoms with Crippen molar-refractivity contribution < 1.29 is 24.0 Å². The molecule has 0 saturated heterocycles. The van der Waals surface area contributed by atoms with Crippen molar-refractivity contribution in [3.63, 3.8) is 0 Å². The van der Waals surface area contributed by atoms with E-state index in [0.717, 1.165) is 5.56 Å². The van der Waals surface area contributed by atoms with Gasteiger partial charge in [0.1, 0.15) is 0 Å². The van der Waals surface area contributed by atoms with E-state index in [-0.39, 0.29) is 31.2 Å². The van der Waals surface area contributed by atoms with Gasteiger partial charge in [-0.3, -0.25) is 19.7 Å². The van der Waals surface area contributed by atoms with E-state index in [0.29, 0.717) is 12.2 Å². The summed E-state index contributed by atoms with van der Waals surface area (Å²) in [4.78, 5) is 34.5. The van der Waals surface area contributed by atoms with Gasteiger partial charge in [-0.2, -0.15) is 0 Å². The van der Waals surface area contributed by atoms with Crippen molar-refractivity contribution >= 4 is 23.3 Å². The highest BCUT2D eigenvalue weighted by molar-refractivity contribution is 5.95. The number of hydrogen-bond acceptors (Lipinski definition) is 7. The first-order valence-corrected chi connectivity index (χ1v) is 7.83. The molecule has 0 radical (unpaired) electrons. The van der Waals surface area contributed by atoms with Crippen LogP contribution < -0.4 is 5.32 Å². The summed E-state index contributed by atoms with van der Waals surface area (Å²) in [6.07, 6.45) is 0.232. The first-order valence-electron chi connectivity index (χ1n) is 7.83. The average Bonchev–Trinajstić information content (AvgIpc) is 2.95. The van der Waals surface area contributed by atoms with E-state index in [1.165, 1.54) is 12.1 Å². The van der Waals surface area contributed by atoms with Gasteiger partial charge in [-0.1, -0.05) is 0 Å². The van der Waals surface area contributed by atoms with Crippen molar-refractivity contribution in [1.82, 2.24) is 0 Å². The normalized spacial score (nSPS) is 15.5. The third-order valence-electron chi connectivity index (χ3n) is 3.89. The molecule has 1 aromatic rings. The topological polar surface area (TPSA) is 108 Å². The molecule has 1 aliphatic heterocycles. The van der Waals surface area contributed by atoms with Crippen LogP contribution in [0.3, 0.4) is 0 Å². The highest BCUT2D eigenvalue weighted by Gasteiger charge is 2.35. The molecule has 1 atom stereocenters. The number of nitrogens with zero attached hydrogens (tertiary/aromatic N) is 1. The number of rotatable bonds is 7. The van der Waals surface area contributed by atoms with Gasteiger partial charge in [-0.05, 0) is 31.9 Å². The van der Waals surface area contributed by atoms with Crippen molar-refractivity contribution in [3.8, 4) is 0 Å². The third kappa shape index (κ3) is 3.81. The maximum atomic E-state index is 12.1. The second kappa shape index (κ2) is 7.76. The van der Waals surface area contributed by atoms with E-state index in [2.05, 4.69) is 5.32 Å². The summed E-state index contributed by atoms with van der Waals surface area (Å²) >= 11 is 0. The first kappa shape index (κ1) is 17.7. The molecule has 0 bridgehead atoms. The monoisotopic (exact) mass is 336 g/mol. The number of carbonyl (C=O) groups excluding carboxylic acids is 2. The van der Waals surface area contributed by atoms with Crippen molar-refractivity contribution in [2.75, 3.05) is 25.1 Å². The standard InChI is InChI=1S/C16H20N2O6/c1-3-23-15(19)13(16(20)24-4-2)7-10-9-17-14-8-11(18(21)22)5-6-12(10)14/h5-6,8,10,13,17H,3-4,7,9H2,1-2H3. The van der Waals surface area contributed by atoms with Crippen LogP contribution in [-0.2, 0) is 19.1 Å². The lowest BCUT2D eigenvalue weighted by atomic mass is 9.90. The Morgan fingerprint density at radius 2 is 1.92 bits per heavy atom. The molecular weight excluding hydrogens is 316 g/mol. The minimum absolute atomic E-state index is 0.00534. The summed E-state index contributed by atoms with van der Waals surface area (Å²) in [5, 5.41) is 13.9. The van der Waals surface area contributed by atoms with Gasteiger partial charge in [0, 0.05) is 30.3 Å². The van der Waals surface area contributed by atoms with Crippen molar-refractivity contribution in [2.24, 2.45) is 5.92 Å². The lowest BCUT2D eigenvalue weighted by molar-refractivity contribution is -0.384. The predicted octanol–water partition coefficient (Wildman–Crippen LogP) is 2.24. The molecule has 2 rings (SSSR count). The molecule has 0 aliphatic carbocycles. The maximum Gasteiger partial charge on any atom is 0.320 e. The summed E-state index contributed by atoms with van der Waals surface area (Å²) in [7, 11) is 0. The minimum Gasteiger partial charge on any atom is -0.465 e. The number of nitro groups is 1. The zero-order valence-electron chi connectivity index (χ0n) is 13.6. The Kier molecular flexibility index (Phi) is 5.73. The van der Waals surface area contributed by atoms with Crippen LogP contribution in [0.1, 0.15) is 31.7 Å². The fourth-order valence-corrected chi connectivity index (χ4v) is 2.78. The van der Waals surface area contributed by atoms with Crippen LogP contribution in [0.4, 0.5) is 11.4 Å². The number of hydrogen-bond donors (Lipinski definition) is 1. The van der Waals surface area contributed by atoms with Crippen LogP contribution in [0.25, 0.3) is 0 Å². The summed E-state index contributed by atoms with van der Waals surface area (Å²) in [6, 6.07) is 4.53. The second-order valence-corrected chi connectivity index (χ2v) is 5.40. The molecule has 0 amide bonds. The molecular formula is C16H20N2O6. The maximum absolute atomic E-state index is 12.1. The average molecular weight is 336 g/mol. The highest BCUT2D eigenvalue weighted by atomic mass is 16.6. The van der Waals surface area contributed by atoms with Crippen molar-refractivity contribution in [1.29, 1.82) is 0 Å². The molecule has 130 valence electrons. The Labute approximate surface area is 139 Å². The number of nitrogens with one attached hydrogen (secondary N) is 1. The van der Waals surface area contributed by atoms with E-state index in [1.807, 2.05) is 0 Å². The molecule has 0 saturated carbocycles. The summed E-state index contributed by atoms with van der Waals surface area (Å²) in [5.41, 5.74) is 1.49. The van der Waals surface area contributed by atoms with Crippen molar-refractivity contribution in [2.45, 2.75) is 26.2 Å². The van der Waals surface area contributed by atoms with Gasteiger partial charge in [0.05, 0.1) is 18.1 Å². The van der Waals surface area contributed by atoms with E-state index < -0.39 is 22.8 Å². The van der Waals surface area contributed by atoms with Crippen LogP contribution >= 0.6 is 0 Å². The van der Waals surface area contributed by atoms with Gasteiger partial charge in [-0.15, -0.1) is 0 Å². The Morgan fingerprint density at radius 3 is 2.46 bits per heavy atom. The molecule has 0 fully saturated rings. The van der Waals surface area contributed by atoms with Crippen molar-refractivity contribution in [3.05, 3.63) is 33.9 Å². The smallest absolute Gasteiger partial charge is 0.320 e. The molecule has 1 unspecified atom stereocenters. The quantitative estimate of drug-likeness (QED) is 0.352. The minimum atomic E-state index is -1.00. The van der Waals surface area contributed by atoms with Crippen LogP contribution in [0.15, 0.2) is 18.2 Å². The van der Waals surface area contributed by atoms with E-state index in [9.17, 15) is 19.7 Å². The molecule has 1 aromatic carbocycles. The Hall–Kier alpha value is -2.64. The van der Waals surface area contributed by atoms with Gasteiger partial charge >= 0.3 is 11.9 Å². The molecule has 0 aromatic heterocycles. The number of anilines is 1. The largest absolute Gasteiger partial charge is 0.465 e. The number of esters is 2. The number of nitro benzene ring substituents is 1. The van der Waals surface area contributed by atoms with E-state index in [1.54, 1.807) is 19.9 Å². The van der Waals surface area contributed by atoms with E-state index >= 15 is 0 Å². The number of carbonyl (C=O) groups is 2. The van der Waals surface area contributed by atoms with Gasteiger partial charge in [0.15, 0.2) is 5.92 Å². The fourth-order valence-electron chi connectivity index (χ4n) is 2.78. The predicted molar refractivity (Wildman–Crippen MR) is 85.7 cm³/mol. The molecule has 1 heterocycles. The molecule has 1 aliphatic rings. The molecule has 8 nitrogen and oxygen atoms in total. The second-order valence-electron chi connectivity index (χ2n) is 5.40. The number of benzene rings is 1. The zero-order chi connectivity index (χ0) is 17.7. The number of ether oxygens (including phenoxy) is 2. The Bertz CT molecular complexity index is 627. The molecule has 0 spiro atoms. The van der Waals surface area contributed by atoms with Crippen LogP contribution in [-0.4, -0.2) is 36.6 Å². The third-order valence-corrected chi connectivity index (χ3v) is 3.89. The Balaban J connectivity index is 2.18. The van der Waals surface area contributed by atoms with Crippen LogP contribution in [0.2, 0.25) is 0 Å². The summed E-state index contributed by atoms with van der Waals surface area (Å²) in [6.45, 7) is 4.20. The van der Waals surface area contributed by atoms with Crippen LogP contribution in [0, 0.1) is 16.0 Å². The number of non-ortho nitro benzene ring substituents is 1. The SMILES string of the molecule is CCOC(=O)C(CC1CNc2cc([N+](=O)[O-])ccc21)C(=O)OCC. The lowest BCUT2D eigenvalue weighted by Gasteiger charge is -2.18. The fraction of sp³-hybridized carbons (Fsp3) is 0.500. The highest BCUT2D eigenvalue weighted by Crippen LogP contribution is 2.38. The first-order chi connectivity index (χ1) is 11.5. The van der Waals surface area contributed by atoms with E-state index in [4.69, 9.17) is 9.47 Å². The van der Waals surface area contributed by atoms with Gasteiger partial charge in [0.2, 0.25) is 0 Å². The zero-order valence-corrected chi connectivity index (χ0v) is 13.6. The summed E-state index contributed by atoms with van der Waals surface area (Å²) < 4.78 is 9.94. The molecule has 1 N–H and O–H groups in total. The van der Waals surface area contributed by atoms with Gasteiger partial charge < -0.3 is 14.8 Å². The molecule has 8 heteroatoms.